The molecular formula is C16H40O10Ti2. The van der Waals surface area contributed by atoms with Crippen LogP contribution in [0.5, 0.6) is 0 Å². The van der Waals surface area contributed by atoms with Crippen molar-refractivity contribution in [1.29, 1.82) is 0 Å². The van der Waals surface area contributed by atoms with E-state index in [1.54, 1.807) is 0 Å². The van der Waals surface area contributed by atoms with Crippen LogP contribution in [0.1, 0.15) is 25.7 Å². The van der Waals surface area contributed by atoms with Crippen LogP contribution in [0.3, 0.4) is 0 Å². The minimum Gasteiger partial charge on any atom is -0.396 e. The smallest absolute Gasteiger partial charge is 0.0698 e. The van der Waals surface area contributed by atoms with Gasteiger partial charge in [-0.2, -0.15) is 0 Å². The van der Waals surface area contributed by atoms with Gasteiger partial charge in [0.1, 0.15) is 0 Å². The first kappa shape index (κ1) is 43.0. The van der Waals surface area contributed by atoms with Crippen LogP contribution in [0.15, 0.2) is 0 Å². The first-order chi connectivity index (χ1) is 12.7. The maximum absolute atomic E-state index is 8.09. The summed E-state index contributed by atoms with van der Waals surface area (Å²) < 4.78 is 9.26. The maximum Gasteiger partial charge on any atom is 0.0698 e. The summed E-state index contributed by atoms with van der Waals surface area (Å²) in [4.78, 5) is 0. The van der Waals surface area contributed by atoms with E-state index in [0.717, 1.165) is 25.7 Å². The van der Waals surface area contributed by atoms with Crippen LogP contribution < -0.4 is 0 Å². The van der Waals surface area contributed by atoms with Gasteiger partial charge in [0, 0.05) is 69.9 Å². The quantitative estimate of drug-likeness (QED) is 0.0960. The normalized spacial score (nSPS) is 8.57. The fourth-order valence-corrected chi connectivity index (χ4v) is 0.910. The zero-order chi connectivity index (χ0) is 20.7. The molecular weight excluding hydrogens is 448 g/mol. The third kappa shape index (κ3) is 81.1. The molecule has 0 unspecified atom stereocenters. The molecule has 0 saturated carbocycles. The largest absolute Gasteiger partial charge is 0.396 e. The van der Waals surface area contributed by atoms with E-state index in [-0.39, 0.29) is 96.3 Å². The number of aliphatic hydroxyl groups is 8. The van der Waals surface area contributed by atoms with Gasteiger partial charge in [-0.3, -0.25) is 0 Å². The molecule has 0 aromatic rings. The zero-order valence-electron chi connectivity index (χ0n) is 16.7. The Morgan fingerprint density at radius 1 is 0.321 bits per heavy atom. The van der Waals surface area contributed by atoms with Crippen LogP contribution >= 0.6 is 0 Å². The maximum atomic E-state index is 8.09. The Hall–Kier alpha value is 1.03. The summed E-state index contributed by atoms with van der Waals surface area (Å²) in [6.07, 6.45) is 2.88. The van der Waals surface area contributed by atoms with Gasteiger partial charge >= 0.3 is 0 Å². The van der Waals surface area contributed by atoms with E-state index in [1.165, 1.54) is 0 Å². The Bertz CT molecular complexity index is 152. The van der Waals surface area contributed by atoms with Crippen molar-refractivity contribution < 1.29 is 93.8 Å². The van der Waals surface area contributed by atoms with Crippen molar-refractivity contribution in [3.05, 3.63) is 0 Å². The minimum atomic E-state index is 0. The van der Waals surface area contributed by atoms with E-state index in [1.807, 2.05) is 0 Å². The van der Waals surface area contributed by atoms with Crippen molar-refractivity contribution in [2.45, 2.75) is 25.7 Å². The van der Waals surface area contributed by atoms with Gasteiger partial charge in [0.15, 0.2) is 0 Å². The first-order valence-electron chi connectivity index (χ1n) is 8.68. The van der Waals surface area contributed by atoms with E-state index in [9.17, 15) is 0 Å². The number of hydrogen-bond acceptors (Lipinski definition) is 10. The molecule has 28 heavy (non-hydrogen) atoms. The molecule has 0 aliphatic rings. The van der Waals surface area contributed by atoms with Crippen LogP contribution in [0.25, 0.3) is 0 Å². The molecule has 0 spiro atoms. The van der Waals surface area contributed by atoms with Gasteiger partial charge in [-0.1, -0.05) is 0 Å². The topological polar surface area (TPSA) is 180 Å². The summed E-state index contributed by atoms with van der Waals surface area (Å²) in [5, 5.41) is 64.7. The molecule has 0 aromatic heterocycles. The van der Waals surface area contributed by atoms with Gasteiger partial charge < -0.3 is 50.3 Å². The van der Waals surface area contributed by atoms with E-state index in [0.29, 0.717) is 26.4 Å². The summed E-state index contributed by atoms with van der Waals surface area (Å²) in [5.74, 6) is 0. The molecule has 0 aromatic carbocycles. The number of rotatable bonds is 14. The molecule has 0 aliphatic heterocycles. The summed E-state index contributed by atoms with van der Waals surface area (Å²) in [5.41, 5.74) is 0. The summed E-state index contributed by atoms with van der Waals surface area (Å²) in [7, 11) is 0. The van der Waals surface area contributed by atoms with Crippen LogP contribution in [0, 0.1) is 0 Å². The van der Waals surface area contributed by atoms with Crippen molar-refractivity contribution in [2.24, 2.45) is 0 Å². The van der Waals surface area contributed by atoms with E-state index in [2.05, 4.69) is 9.47 Å². The summed E-state index contributed by atoms with van der Waals surface area (Å²) in [6.45, 7) is 2.17. The molecule has 0 rings (SSSR count). The molecule has 12 heteroatoms. The standard InChI is InChI=1S/2C4H10O3.2C4H10O2.2Ti/c2*5-1-3-7-4-2-6;2*5-3-1-2-4-6;;/h2*5-6H,1-4H2;2*5-6H,1-4H2;;. The second-order valence-corrected chi connectivity index (χ2v) is 4.43. The molecule has 0 radical (unpaired) electrons. The van der Waals surface area contributed by atoms with Gasteiger partial charge in [-0.25, -0.2) is 0 Å². The molecule has 10 nitrogen and oxygen atoms in total. The zero-order valence-corrected chi connectivity index (χ0v) is 19.8. The Morgan fingerprint density at radius 2 is 0.500 bits per heavy atom. The average molecular weight is 488 g/mol. The van der Waals surface area contributed by atoms with E-state index in [4.69, 9.17) is 40.9 Å². The fourth-order valence-electron chi connectivity index (χ4n) is 0.910. The third-order valence-electron chi connectivity index (χ3n) is 2.07. The van der Waals surface area contributed by atoms with E-state index >= 15 is 0 Å². The Morgan fingerprint density at radius 3 is 0.607 bits per heavy atom. The van der Waals surface area contributed by atoms with Crippen LogP contribution in [-0.4, -0.2) is 120 Å². The summed E-state index contributed by atoms with van der Waals surface area (Å²) >= 11 is 0. The summed E-state index contributed by atoms with van der Waals surface area (Å²) in [6, 6.07) is 0. The molecule has 8 N–H and O–H groups in total. The predicted octanol–water partition coefficient (Wildman–Crippen LogP) is -2.53. The van der Waals surface area contributed by atoms with Gasteiger partial charge in [0.05, 0.1) is 52.9 Å². The van der Waals surface area contributed by atoms with Gasteiger partial charge in [0.2, 0.25) is 0 Å². The second kappa shape index (κ2) is 56.6. The number of unbranched alkanes of at least 4 members (excludes halogenated alkanes) is 2. The van der Waals surface area contributed by atoms with Crippen molar-refractivity contribution in [3.8, 4) is 0 Å². The number of aliphatic hydroxyl groups excluding tert-OH is 8. The predicted molar refractivity (Wildman–Crippen MR) is 96.8 cm³/mol. The van der Waals surface area contributed by atoms with Crippen LogP contribution in [-0.2, 0) is 52.9 Å². The Balaban J connectivity index is -0.0000000564. The van der Waals surface area contributed by atoms with Crippen LogP contribution in [0.2, 0.25) is 0 Å². The minimum absolute atomic E-state index is 0. The SMILES string of the molecule is OCCCCO.OCCCCO.OCCOCCO.OCCOCCO.[Ti].[Ti]. The van der Waals surface area contributed by atoms with Gasteiger partial charge in [-0.15, -0.1) is 0 Å². The molecule has 0 atom stereocenters. The average Bonchev–Trinajstić information content (AvgIpc) is 2.67. The van der Waals surface area contributed by atoms with Gasteiger partial charge in [0.25, 0.3) is 0 Å². The van der Waals surface area contributed by atoms with Crippen molar-refractivity contribution >= 4 is 0 Å². The van der Waals surface area contributed by atoms with Gasteiger partial charge in [-0.05, 0) is 25.7 Å². The van der Waals surface area contributed by atoms with Crippen LogP contribution in [0.4, 0.5) is 0 Å². The fraction of sp³-hybridized carbons (Fsp3) is 1.00. The Kier molecular flexibility index (Phi) is 86.9. The molecule has 172 valence electrons. The molecule has 0 fully saturated rings. The molecule has 0 amide bonds. The number of ether oxygens (including phenoxy) is 2. The second-order valence-electron chi connectivity index (χ2n) is 4.43. The van der Waals surface area contributed by atoms with E-state index < -0.39 is 0 Å². The molecule has 0 saturated heterocycles. The number of hydrogen-bond donors (Lipinski definition) is 8. The first-order valence-corrected chi connectivity index (χ1v) is 8.68. The third-order valence-corrected chi connectivity index (χ3v) is 2.07. The molecule has 0 aliphatic carbocycles. The van der Waals surface area contributed by atoms with Crippen molar-refractivity contribution in [2.75, 3.05) is 79.3 Å². The Labute approximate surface area is 198 Å². The van der Waals surface area contributed by atoms with Crippen molar-refractivity contribution in [3.63, 3.8) is 0 Å². The monoisotopic (exact) mass is 488 g/mol. The van der Waals surface area contributed by atoms with Crippen molar-refractivity contribution in [1.82, 2.24) is 0 Å². The molecule has 0 heterocycles. The molecule has 0 bridgehead atoms.